The van der Waals surface area contributed by atoms with E-state index in [1.165, 1.54) is 48.7 Å². The Morgan fingerprint density at radius 2 is 0.951 bits per heavy atom. The molecule has 2 aromatic carbocycles. The number of fused-ring (bicyclic) bond motifs is 2. The van der Waals surface area contributed by atoms with E-state index in [1.54, 1.807) is 12.1 Å². The Bertz CT molecular complexity index is 1820. The van der Waals surface area contributed by atoms with E-state index in [1.807, 2.05) is 36.4 Å². The Hall–Kier alpha value is -3.06. The van der Waals surface area contributed by atoms with E-state index >= 15 is 26.3 Å². The predicted octanol–water partition coefficient (Wildman–Crippen LogP) is 10.8. The van der Waals surface area contributed by atoms with Crippen molar-refractivity contribution in [2.45, 2.75) is 31.6 Å². The number of para-hydroxylation sites is 2. The van der Waals surface area contributed by atoms with Crippen LogP contribution in [0.5, 0.6) is 0 Å². The molecule has 0 unspecified atom stereocenters. The molecule has 0 spiro atoms. The number of aromatic nitrogens is 2. The van der Waals surface area contributed by atoms with Crippen molar-refractivity contribution in [3.05, 3.63) is 81.5 Å². The molecule has 0 fully saturated rings. The summed E-state index contributed by atoms with van der Waals surface area (Å²) in [6.45, 7) is 2.94. The highest BCUT2D eigenvalue weighted by molar-refractivity contribution is 7.26. The van der Waals surface area contributed by atoms with Gasteiger partial charge in [-0.25, -0.2) is 9.97 Å². The minimum atomic E-state index is -5.63. The Kier molecular flexibility index (Phi) is 5.87. The van der Waals surface area contributed by atoms with Crippen LogP contribution in [0.1, 0.15) is 20.9 Å². The number of thiophene rings is 2. The molecule has 0 atom stereocenters. The van der Waals surface area contributed by atoms with Crippen LogP contribution >= 0.6 is 45.3 Å². The molecule has 7 rings (SSSR count). The second-order valence-corrected chi connectivity index (χ2v) is 14.2. The maximum atomic E-state index is 15.6. The summed E-state index contributed by atoms with van der Waals surface area (Å²) in [4.78, 5) is 10.4. The van der Waals surface area contributed by atoms with Crippen molar-refractivity contribution in [1.82, 2.24) is 9.97 Å². The van der Waals surface area contributed by atoms with Crippen molar-refractivity contribution < 1.29 is 26.3 Å². The average Bonchev–Trinajstić information content (AvgIpc) is 3.71. The summed E-state index contributed by atoms with van der Waals surface area (Å²) in [7, 11) is 0. The van der Waals surface area contributed by atoms with E-state index in [-0.39, 0.29) is 20.9 Å². The monoisotopic (exact) mass is 634 g/mol. The molecule has 6 aromatic rings. The van der Waals surface area contributed by atoms with Crippen LogP contribution in [0.25, 0.3) is 51.3 Å². The van der Waals surface area contributed by atoms with Crippen LogP contribution in [-0.2, 0) is 0 Å². The van der Waals surface area contributed by atoms with Crippen molar-refractivity contribution in [3.63, 3.8) is 0 Å². The Morgan fingerprint density at radius 1 is 0.561 bits per heavy atom. The van der Waals surface area contributed by atoms with Gasteiger partial charge in [-0.3, -0.25) is 0 Å². The van der Waals surface area contributed by atoms with Crippen LogP contribution in [-0.4, -0.2) is 27.7 Å². The van der Waals surface area contributed by atoms with E-state index in [0.29, 0.717) is 30.8 Å². The highest BCUT2D eigenvalue weighted by Gasteiger charge is 2.80. The molecule has 0 N–H and O–H groups in total. The lowest BCUT2D eigenvalue weighted by Gasteiger charge is -2.25. The molecule has 0 saturated heterocycles. The Morgan fingerprint density at radius 3 is 1.34 bits per heavy atom. The van der Waals surface area contributed by atoms with Crippen LogP contribution in [0.15, 0.2) is 60.7 Å². The number of nitrogens with zero attached hydrogens (tertiary/aromatic N) is 2. The predicted molar refractivity (Wildman–Crippen MR) is 157 cm³/mol. The summed E-state index contributed by atoms with van der Waals surface area (Å²) < 4.78 is 94.0. The first-order chi connectivity index (χ1) is 19.4. The summed E-state index contributed by atoms with van der Waals surface area (Å²) in [6.07, 6.45) is 0. The largest absolute Gasteiger partial charge is 0.380 e. The smallest absolute Gasteiger partial charge is 0.235 e. The minimum Gasteiger partial charge on any atom is -0.235 e. The van der Waals surface area contributed by atoms with Gasteiger partial charge < -0.3 is 0 Å². The van der Waals surface area contributed by atoms with Crippen molar-refractivity contribution >= 4 is 76.9 Å². The van der Waals surface area contributed by atoms with E-state index in [2.05, 4.69) is 9.97 Å². The fraction of sp³-hybridized carbons (Fsp3) is 0.172. The zero-order valence-corrected chi connectivity index (χ0v) is 24.3. The molecule has 0 bridgehead atoms. The van der Waals surface area contributed by atoms with Gasteiger partial charge in [0, 0.05) is 20.9 Å². The topological polar surface area (TPSA) is 25.8 Å². The van der Waals surface area contributed by atoms with Gasteiger partial charge in [-0.15, -0.1) is 45.3 Å². The maximum Gasteiger partial charge on any atom is 0.380 e. The first-order valence-corrected chi connectivity index (χ1v) is 15.5. The summed E-state index contributed by atoms with van der Waals surface area (Å²) >= 11 is 4.75. The summed E-state index contributed by atoms with van der Waals surface area (Å²) in [5, 5.41) is 0.995. The molecule has 12 heteroatoms. The molecule has 0 aliphatic heterocycles. The van der Waals surface area contributed by atoms with E-state index < -0.39 is 28.9 Å². The zero-order chi connectivity index (χ0) is 28.9. The second kappa shape index (κ2) is 8.97. The van der Waals surface area contributed by atoms with Crippen molar-refractivity contribution in [2.75, 3.05) is 0 Å². The molecule has 1 aliphatic carbocycles. The SMILES string of the molecule is Cc1sc(-c2nc3ccccc3s2)cc1C1=C(c2cc(-c3nc4ccccc4s3)sc2C)C(F)(F)C(F)(F)C1(F)F. The van der Waals surface area contributed by atoms with Gasteiger partial charge in [0.05, 0.1) is 30.2 Å². The second-order valence-electron chi connectivity index (χ2n) is 9.61. The van der Waals surface area contributed by atoms with Gasteiger partial charge in [0.2, 0.25) is 0 Å². The maximum absolute atomic E-state index is 15.6. The lowest BCUT2D eigenvalue weighted by molar-refractivity contribution is -0.254. The number of thiazole rings is 2. The lowest BCUT2D eigenvalue weighted by atomic mass is 9.95. The number of benzene rings is 2. The summed E-state index contributed by atoms with van der Waals surface area (Å²) in [5.41, 5.74) is -1.95. The summed E-state index contributed by atoms with van der Waals surface area (Å²) in [6, 6.07) is 17.2. The molecule has 4 heterocycles. The van der Waals surface area contributed by atoms with Crippen LogP contribution in [0.3, 0.4) is 0 Å². The van der Waals surface area contributed by atoms with Crippen LogP contribution in [0.4, 0.5) is 26.3 Å². The van der Waals surface area contributed by atoms with Gasteiger partial charge in [0.25, 0.3) is 0 Å². The number of allylic oxidation sites excluding steroid dienone is 2. The zero-order valence-electron chi connectivity index (χ0n) is 21.1. The fourth-order valence-corrected chi connectivity index (χ4v) is 9.13. The van der Waals surface area contributed by atoms with Gasteiger partial charge in [-0.1, -0.05) is 24.3 Å². The van der Waals surface area contributed by atoms with Gasteiger partial charge in [-0.2, -0.15) is 26.3 Å². The quantitative estimate of drug-likeness (QED) is 0.180. The van der Waals surface area contributed by atoms with Gasteiger partial charge in [0.15, 0.2) is 0 Å². The third-order valence-electron chi connectivity index (χ3n) is 7.05. The number of rotatable bonds is 4. The first-order valence-electron chi connectivity index (χ1n) is 12.2. The molecule has 1 aliphatic rings. The molecule has 0 saturated carbocycles. The van der Waals surface area contributed by atoms with Crippen molar-refractivity contribution in [2.24, 2.45) is 0 Å². The molecule has 208 valence electrons. The number of halogens is 6. The third kappa shape index (κ3) is 3.80. The number of hydrogen-bond acceptors (Lipinski definition) is 6. The Balaban J connectivity index is 1.44. The molecule has 41 heavy (non-hydrogen) atoms. The molecule has 4 aromatic heterocycles. The van der Waals surface area contributed by atoms with Crippen LogP contribution in [0.2, 0.25) is 0 Å². The highest BCUT2D eigenvalue weighted by atomic mass is 32.1. The van der Waals surface area contributed by atoms with Crippen molar-refractivity contribution in [3.8, 4) is 19.8 Å². The van der Waals surface area contributed by atoms with Gasteiger partial charge >= 0.3 is 17.8 Å². The molecular formula is C29H16F6N2S4. The molecule has 0 radical (unpaired) electrons. The average molecular weight is 635 g/mol. The molecular weight excluding hydrogens is 619 g/mol. The summed E-state index contributed by atoms with van der Waals surface area (Å²) in [5.74, 6) is -15.9. The lowest BCUT2D eigenvalue weighted by Crippen LogP contribution is -2.48. The number of alkyl halides is 6. The third-order valence-corrected chi connectivity index (χ3v) is 11.6. The van der Waals surface area contributed by atoms with Crippen LogP contribution < -0.4 is 0 Å². The number of aryl methyl sites for hydroxylation is 2. The first kappa shape index (κ1) is 26.8. The van der Waals surface area contributed by atoms with E-state index in [4.69, 9.17) is 0 Å². The number of hydrogen-bond donors (Lipinski definition) is 0. The van der Waals surface area contributed by atoms with E-state index in [0.717, 1.165) is 32.1 Å². The van der Waals surface area contributed by atoms with E-state index in [9.17, 15) is 0 Å². The fourth-order valence-electron chi connectivity index (χ4n) is 5.06. The normalized spacial score (nSPS) is 17.8. The van der Waals surface area contributed by atoms with Crippen LogP contribution in [0, 0.1) is 13.8 Å². The van der Waals surface area contributed by atoms with Crippen molar-refractivity contribution in [1.29, 1.82) is 0 Å². The van der Waals surface area contributed by atoms with Gasteiger partial charge in [0.1, 0.15) is 10.0 Å². The molecule has 2 nitrogen and oxygen atoms in total. The Labute approximate surface area is 245 Å². The minimum absolute atomic E-state index is 0.221. The molecule has 0 amide bonds. The standard InChI is InChI=1S/C29H16F6N2S4/c1-13-15(11-21(38-13)25-36-17-7-3-5-9-19(17)40-25)23-24(28(32,33)29(34,35)27(23,30)31)16-12-22(39-14(16)2)26-37-18-8-4-6-10-20(18)41-26/h3-12H,1-2H3. The highest BCUT2D eigenvalue weighted by Crippen LogP contribution is 2.66. The van der Waals surface area contributed by atoms with Gasteiger partial charge in [-0.05, 0) is 61.4 Å².